The molecule has 0 unspecified atom stereocenters. The summed E-state index contributed by atoms with van der Waals surface area (Å²) in [7, 11) is 1.44. The van der Waals surface area contributed by atoms with Gasteiger partial charge in [0.1, 0.15) is 6.10 Å². The molecule has 0 aromatic rings. The SMILES string of the molecule is COC(=O)CC[C@@H](C)[C@H]1CC[C@H]2[C@@H]3CC[C@H]4C[C@H](OC(C)=O)CC[C@]4(C)[C@H]3[C@@H](Br)C(=O)[C@]12C. The number of esters is 2. The molecule has 33 heavy (non-hydrogen) atoms. The van der Waals surface area contributed by atoms with Crippen molar-refractivity contribution in [2.45, 2.75) is 96.4 Å². The van der Waals surface area contributed by atoms with Crippen molar-refractivity contribution in [3.63, 3.8) is 0 Å². The molecule has 4 aliphatic rings. The molecule has 0 saturated heterocycles. The number of hydrogen-bond donors (Lipinski definition) is 0. The number of ketones is 1. The minimum atomic E-state index is -0.316. The van der Waals surface area contributed by atoms with Gasteiger partial charge in [-0.15, -0.1) is 0 Å². The summed E-state index contributed by atoms with van der Waals surface area (Å²) >= 11 is 3.96. The lowest BCUT2D eigenvalue weighted by Gasteiger charge is -2.62. The summed E-state index contributed by atoms with van der Waals surface area (Å²) in [5.41, 5.74) is -0.206. The predicted molar refractivity (Wildman–Crippen MR) is 130 cm³/mol. The van der Waals surface area contributed by atoms with E-state index >= 15 is 0 Å². The van der Waals surface area contributed by atoms with Crippen LogP contribution in [0.25, 0.3) is 0 Å². The molecule has 6 heteroatoms. The molecule has 0 amide bonds. The Kier molecular flexibility index (Phi) is 7.08. The second kappa shape index (κ2) is 9.28. The van der Waals surface area contributed by atoms with Crippen LogP contribution in [0.15, 0.2) is 0 Å². The lowest BCUT2D eigenvalue weighted by atomic mass is 9.44. The Bertz CT molecular complexity index is 797. The van der Waals surface area contributed by atoms with Crippen LogP contribution in [-0.2, 0) is 23.9 Å². The highest BCUT2D eigenvalue weighted by Gasteiger charge is 2.66. The highest BCUT2D eigenvalue weighted by molar-refractivity contribution is 9.10. The third-order valence-electron chi connectivity index (χ3n) is 10.5. The van der Waals surface area contributed by atoms with E-state index in [2.05, 4.69) is 36.7 Å². The van der Waals surface area contributed by atoms with Crippen molar-refractivity contribution >= 4 is 33.7 Å². The smallest absolute Gasteiger partial charge is 0.305 e. The van der Waals surface area contributed by atoms with Crippen molar-refractivity contribution in [3.05, 3.63) is 0 Å². The van der Waals surface area contributed by atoms with Crippen LogP contribution in [0.2, 0.25) is 0 Å². The zero-order chi connectivity index (χ0) is 24.1. The first-order valence-electron chi connectivity index (χ1n) is 13.0. The molecule has 4 saturated carbocycles. The number of halogens is 1. The van der Waals surface area contributed by atoms with Crippen molar-refractivity contribution < 1.29 is 23.9 Å². The summed E-state index contributed by atoms with van der Waals surface area (Å²) in [5.74, 6) is 2.54. The fourth-order valence-electron chi connectivity index (χ4n) is 8.92. The first-order chi connectivity index (χ1) is 15.5. The molecule has 0 heterocycles. The van der Waals surface area contributed by atoms with Crippen LogP contribution in [0, 0.1) is 46.3 Å². The van der Waals surface area contributed by atoms with Crippen LogP contribution in [0.5, 0.6) is 0 Å². The maximum absolute atomic E-state index is 14.1. The Labute approximate surface area is 207 Å². The lowest BCUT2D eigenvalue weighted by Crippen LogP contribution is -2.62. The van der Waals surface area contributed by atoms with Gasteiger partial charge in [-0.3, -0.25) is 14.4 Å². The number of methoxy groups -OCH3 is 1. The van der Waals surface area contributed by atoms with E-state index in [-0.39, 0.29) is 33.7 Å². The Morgan fingerprint density at radius 3 is 2.55 bits per heavy atom. The Morgan fingerprint density at radius 1 is 1.15 bits per heavy atom. The minimum Gasteiger partial charge on any atom is -0.469 e. The summed E-state index contributed by atoms with van der Waals surface area (Å²) in [6.07, 6.45) is 8.62. The topological polar surface area (TPSA) is 69.7 Å². The molecular weight excluding hydrogens is 484 g/mol. The summed E-state index contributed by atoms with van der Waals surface area (Å²) in [6, 6.07) is 0. The molecule has 4 fully saturated rings. The van der Waals surface area contributed by atoms with E-state index in [1.807, 2.05) is 0 Å². The largest absolute Gasteiger partial charge is 0.469 e. The monoisotopic (exact) mass is 524 g/mol. The van der Waals surface area contributed by atoms with Gasteiger partial charge in [0.2, 0.25) is 0 Å². The first kappa shape index (κ1) is 25.2. The second-order valence-corrected chi connectivity index (χ2v) is 12.9. The average molecular weight is 526 g/mol. The third-order valence-corrected chi connectivity index (χ3v) is 11.5. The van der Waals surface area contributed by atoms with Crippen molar-refractivity contribution in [1.82, 2.24) is 0 Å². The number of ether oxygens (including phenoxy) is 2. The van der Waals surface area contributed by atoms with Crippen molar-refractivity contribution in [2.75, 3.05) is 7.11 Å². The van der Waals surface area contributed by atoms with Gasteiger partial charge in [-0.25, -0.2) is 0 Å². The van der Waals surface area contributed by atoms with E-state index in [0.717, 1.165) is 44.9 Å². The average Bonchev–Trinajstić information content (AvgIpc) is 3.13. The molecule has 4 rings (SSSR count). The van der Waals surface area contributed by atoms with Gasteiger partial charge in [-0.05, 0) is 92.3 Å². The number of carbonyl (C=O) groups excluding carboxylic acids is 3. The van der Waals surface area contributed by atoms with Crippen LogP contribution >= 0.6 is 15.9 Å². The summed E-state index contributed by atoms with van der Waals surface area (Å²) in [5, 5.41) is 0. The number of hydrogen-bond acceptors (Lipinski definition) is 5. The van der Waals surface area contributed by atoms with E-state index < -0.39 is 0 Å². The van der Waals surface area contributed by atoms with Gasteiger partial charge < -0.3 is 9.47 Å². The zero-order valence-corrected chi connectivity index (χ0v) is 22.5. The van der Waals surface area contributed by atoms with Crippen LogP contribution in [0.4, 0.5) is 0 Å². The molecule has 4 aliphatic carbocycles. The van der Waals surface area contributed by atoms with Gasteiger partial charge in [0.15, 0.2) is 5.78 Å². The summed E-state index contributed by atoms with van der Waals surface area (Å²) < 4.78 is 10.4. The van der Waals surface area contributed by atoms with Crippen LogP contribution in [0.1, 0.15) is 85.5 Å². The summed E-state index contributed by atoms with van der Waals surface area (Å²) in [6.45, 7) is 8.37. The Balaban J connectivity index is 1.55. The fraction of sp³-hybridized carbons (Fsp3) is 0.889. The van der Waals surface area contributed by atoms with Crippen LogP contribution < -0.4 is 0 Å². The zero-order valence-electron chi connectivity index (χ0n) is 20.9. The Morgan fingerprint density at radius 2 is 1.88 bits per heavy atom. The maximum atomic E-state index is 14.1. The second-order valence-electron chi connectivity index (χ2n) is 11.9. The highest BCUT2D eigenvalue weighted by Crippen LogP contribution is 2.68. The van der Waals surface area contributed by atoms with Crippen molar-refractivity contribution in [2.24, 2.45) is 46.3 Å². The van der Waals surface area contributed by atoms with E-state index in [0.29, 0.717) is 47.7 Å². The van der Waals surface area contributed by atoms with Gasteiger partial charge in [-0.1, -0.05) is 36.7 Å². The van der Waals surface area contributed by atoms with Gasteiger partial charge >= 0.3 is 11.9 Å². The number of fused-ring (bicyclic) bond motifs is 5. The molecule has 0 spiro atoms. The number of alkyl halides is 1. The highest BCUT2D eigenvalue weighted by atomic mass is 79.9. The summed E-state index contributed by atoms with van der Waals surface area (Å²) in [4.78, 5) is 37.2. The molecule has 0 aromatic heterocycles. The van der Waals surface area contributed by atoms with E-state index in [1.54, 1.807) is 0 Å². The molecule has 186 valence electrons. The molecule has 5 nitrogen and oxygen atoms in total. The van der Waals surface area contributed by atoms with Gasteiger partial charge in [0.25, 0.3) is 0 Å². The molecular formula is C27H41BrO5. The lowest BCUT2D eigenvalue weighted by molar-refractivity contribution is -0.165. The third kappa shape index (κ3) is 4.10. The predicted octanol–water partition coefficient (Wildman–Crippen LogP) is 5.72. The maximum Gasteiger partial charge on any atom is 0.305 e. The van der Waals surface area contributed by atoms with Crippen LogP contribution in [-0.4, -0.2) is 35.8 Å². The molecule has 0 N–H and O–H groups in total. The van der Waals surface area contributed by atoms with Crippen molar-refractivity contribution in [1.29, 1.82) is 0 Å². The number of carbonyl (C=O) groups is 3. The standard InChI is InChI=1S/C27H41BrO5/c1-15(6-11-22(30)32-5)20-9-10-21-19-8-7-17-14-18(33-16(2)29)12-13-26(17,3)23(19)24(28)25(31)27(20,21)4/h15,17-21,23-24H,6-14H2,1-5H3/t15-,17+,18-,19+,20-,21+,23-,24-,26+,27-/m1/s1. The van der Waals surface area contributed by atoms with E-state index in [4.69, 9.17) is 9.47 Å². The van der Waals surface area contributed by atoms with Crippen molar-refractivity contribution in [3.8, 4) is 0 Å². The quantitative estimate of drug-likeness (QED) is 0.339. The molecule has 0 bridgehead atoms. The normalized spacial score (nSPS) is 45.4. The fourth-order valence-corrected chi connectivity index (χ4v) is 10.4. The molecule has 10 atom stereocenters. The molecule has 0 aliphatic heterocycles. The Hall–Kier alpha value is -0.910. The van der Waals surface area contributed by atoms with E-state index in [9.17, 15) is 14.4 Å². The molecule has 0 radical (unpaired) electrons. The number of Topliss-reactive ketones (excluding diaryl/α,β-unsaturated/α-hetero) is 1. The minimum absolute atomic E-state index is 0.0296. The van der Waals surface area contributed by atoms with Gasteiger partial charge in [-0.2, -0.15) is 0 Å². The first-order valence-corrected chi connectivity index (χ1v) is 13.9. The van der Waals surface area contributed by atoms with Crippen LogP contribution in [0.3, 0.4) is 0 Å². The van der Waals surface area contributed by atoms with Gasteiger partial charge in [0, 0.05) is 18.8 Å². The number of rotatable bonds is 5. The van der Waals surface area contributed by atoms with E-state index in [1.165, 1.54) is 20.5 Å². The molecule has 0 aromatic carbocycles. The van der Waals surface area contributed by atoms with Gasteiger partial charge in [0.05, 0.1) is 11.9 Å².